The lowest BCUT2D eigenvalue weighted by Gasteiger charge is -2.13. The average molecular weight is 451 g/mol. The van der Waals surface area contributed by atoms with Crippen LogP contribution < -0.4 is 10.6 Å². The van der Waals surface area contributed by atoms with Gasteiger partial charge in [-0.3, -0.25) is 0 Å². The maximum Gasteiger partial charge on any atom is 0.348 e. The highest BCUT2D eigenvalue weighted by atomic mass is 32.1. The molecular weight excluding hydrogens is 428 g/mol. The Morgan fingerprint density at radius 3 is 2.30 bits per heavy atom. The molecular formula is C20H22N2O6S2. The Kier molecular flexibility index (Phi) is 7.90. The lowest BCUT2D eigenvalue weighted by Crippen LogP contribution is -2.21. The van der Waals surface area contributed by atoms with Gasteiger partial charge >= 0.3 is 17.9 Å². The van der Waals surface area contributed by atoms with Gasteiger partial charge in [-0.15, -0.1) is 11.3 Å². The second-order valence-corrected chi connectivity index (χ2v) is 7.54. The molecule has 30 heavy (non-hydrogen) atoms. The summed E-state index contributed by atoms with van der Waals surface area (Å²) >= 11 is 6.37. The van der Waals surface area contributed by atoms with E-state index in [4.69, 9.17) is 21.7 Å². The van der Waals surface area contributed by atoms with Gasteiger partial charge in [0.2, 0.25) is 0 Å². The fraction of sp³-hybridized carbons (Fsp3) is 0.300. The molecule has 8 nitrogen and oxygen atoms in total. The van der Waals surface area contributed by atoms with Gasteiger partial charge < -0.3 is 25.2 Å². The molecule has 0 spiro atoms. The third-order valence-electron chi connectivity index (χ3n) is 4.05. The largest absolute Gasteiger partial charge is 0.478 e. The van der Waals surface area contributed by atoms with Crippen molar-refractivity contribution < 1.29 is 29.0 Å². The highest BCUT2D eigenvalue weighted by molar-refractivity contribution is 7.80. The van der Waals surface area contributed by atoms with Crippen LogP contribution in [0.15, 0.2) is 18.2 Å². The molecule has 160 valence electrons. The molecule has 1 heterocycles. The van der Waals surface area contributed by atoms with E-state index >= 15 is 0 Å². The van der Waals surface area contributed by atoms with Crippen LogP contribution in [0.25, 0.3) is 0 Å². The summed E-state index contributed by atoms with van der Waals surface area (Å²) in [6.07, 6.45) is 0. The van der Waals surface area contributed by atoms with Crippen LogP contribution in [0.2, 0.25) is 0 Å². The lowest BCUT2D eigenvalue weighted by atomic mass is 10.1. The zero-order chi connectivity index (χ0) is 22.4. The van der Waals surface area contributed by atoms with E-state index in [1.807, 2.05) is 0 Å². The van der Waals surface area contributed by atoms with Crippen molar-refractivity contribution in [2.45, 2.75) is 27.7 Å². The van der Waals surface area contributed by atoms with Gasteiger partial charge in [-0.2, -0.15) is 0 Å². The number of ether oxygens (including phenoxy) is 2. The van der Waals surface area contributed by atoms with Gasteiger partial charge in [0.1, 0.15) is 9.88 Å². The Labute approximate surface area is 183 Å². The number of thiocarbonyl (C=S) groups is 1. The van der Waals surface area contributed by atoms with Crippen molar-refractivity contribution in [2.24, 2.45) is 0 Å². The van der Waals surface area contributed by atoms with Crippen molar-refractivity contribution in [3.05, 3.63) is 45.3 Å². The fourth-order valence-corrected chi connectivity index (χ4v) is 3.96. The number of anilines is 2. The highest BCUT2D eigenvalue weighted by Gasteiger charge is 2.27. The van der Waals surface area contributed by atoms with Crippen LogP contribution in [0.5, 0.6) is 0 Å². The van der Waals surface area contributed by atoms with Crippen LogP contribution in [0, 0.1) is 13.8 Å². The van der Waals surface area contributed by atoms with Crippen molar-refractivity contribution in [1.82, 2.24) is 0 Å². The molecule has 0 saturated carbocycles. The van der Waals surface area contributed by atoms with E-state index in [1.165, 1.54) is 12.1 Å². The van der Waals surface area contributed by atoms with E-state index in [1.54, 1.807) is 33.8 Å². The van der Waals surface area contributed by atoms with Gasteiger partial charge in [0.15, 0.2) is 5.11 Å². The van der Waals surface area contributed by atoms with Crippen LogP contribution in [-0.2, 0) is 9.47 Å². The molecule has 2 rings (SSSR count). The van der Waals surface area contributed by atoms with E-state index in [2.05, 4.69) is 10.6 Å². The topological polar surface area (TPSA) is 114 Å². The van der Waals surface area contributed by atoms with Crippen LogP contribution in [0.3, 0.4) is 0 Å². The van der Waals surface area contributed by atoms with Crippen LogP contribution in [-0.4, -0.2) is 41.3 Å². The second-order valence-electron chi connectivity index (χ2n) is 6.12. The number of thiophene rings is 1. The first-order valence-corrected chi connectivity index (χ1v) is 10.3. The SMILES string of the molecule is CCOC(=O)c1sc(NC(=S)Nc2cc(C(=O)O)ccc2C)c(C(=O)OCC)c1C. The van der Waals surface area contributed by atoms with E-state index < -0.39 is 17.9 Å². The minimum Gasteiger partial charge on any atom is -0.478 e. The second kappa shape index (κ2) is 10.2. The molecule has 1 aromatic carbocycles. The number of aryl methyl sites for hydroxylation is 1. The summed E-state index contributed by atoms with van der Waals surface area (Å²) in [5.74, 6) is -2.19. The Morgan fingerprint density at radius 1 is 1.07 bits per heavy atom. The van der Waals surface area contributed by atoms with E-state index in [0.717, 1.165) is 16.9 Å². The maximum atomic E-state index is 12.5. The number of carboxylic acids is 1. The fourth-order valence-electron chi connectivity index (χ4n) is 2.59. The standard InChI is InChI=1S/C20H22N2O6S2/c1-5-27-18(25)14-11(4)15(19(26)28-6-2)30-16(14)22-20(29)21-13-9-12(17(23)24)8-7-10(13)3/h7-9H,5-6H2,1-4H3,(H,23,24)(H2,21,22,29). The summed E-state index contributed by atoms with van der Waals surface area (Å²) in [6, 6.07) is 4.61. The van der Waals surface area contributed by atoms with Gasteiger partial charge in [0, 0.05) is 5.69 Å². The molecule has 0 aliphatic carbocycles. The number of esters is 2. The van der Waals surface area contributed by atoms with Crippen molar-refractivity contribution in [3.8, 4) is 0 Å². The van der Waals surface area contributed by atoms with Crippen molar-refractivity contribution in [2.75, 3.05) is 23.8 Å². The van der Waals surface area contributed by atoms with Gasteiger partial charge in [0.05, 0.1) is 24.3 Å². The zero-order valence-corrected chi connectivity index (χ0v) is 18.6. The predicted octanol–water partition coefficient (Wildman–Crippen LogP) is 4.23. The summed E-state index contributed by atoms with van der Waals surface area (Å²) in [6.45, 7) is 7.19. The number of carboxylic acid groups (broad SMARTS) is 1. The number of rotatable bonds is 7. The first-order chi connectivity index (χ1) is 14.2. The minimum atomic E-state index is -1.06. The maximum absolute atomic E-state index is 12.5. The average Bonchev–Trinajstić information content (AvgIpc) is 2.99. The summed E-state index contributed by atoms with van der Waals surface area (Å²) in [5.41, 5.74) is 2.03. The molecule has 0 atom stereocenters. The summed E-state index contributed by atoms with van der Waals surface area (Å²) in [4.78, 5) is 36.2. The Hall–Kier alpha value is -2.98. The number of aromatic carboxylic acids is 1. The molecule has 0 fully saturated rings. The number of benzene rings is 1. The van der Waals surface area contributed by atoms with Gasteiger partial charge in [-0.05, 0) is 63.2 Å². The smallest absolute Gasteiger partial charge is 0.348 e. The number of nitrogens with one attached hydrogen (secondary N) is 2. The highest BCUT2D eigenvalue weighted by Crippen LogP contribution is 2.34. The molecule has 0 aliphatic heterocycles. The minimum absolute atomic E-state index is 0.106. The summed E-state index contributed by atoms with van der Waals surface area (Å²) in [7, 11) is 0. The molecule has 0 radical (unpaired) electrons. The summed E-state index contributed by atoms with van der Waals surface area (Å²) in [5, 5.41) is 15.5. The van der Waals surface area contributed by atoms with Crippen molar-refractivity contribution in [1.29, 1.82) is 0 Å². The molecule has 2 aromatic rings. The van der Waals surface area contributed by atoms with Gasteiger partial charge in [-0.25, -0.2) is 14.4 Å². The Bertz CT molecular complexity index is 999. The Balaban J connectivity index is 2.34. The lowest BCUT2D eigenvalue weighted by molar-refractivity contribution is 0.0526. The quantitative estimate of drug-likeness (QED) is 0.421. The summed E-state index contributed by atoms with van der Waals surface area (Å²) < 4.78 is 10.2. The third kappa shape index (κ3) is 5.33. The third-order valence-corrected chi connectivity index (χ3v) is 5.44. The van der Waals surface area contributed by atoms with Crippen molar-refractivity contribution in [3.63, 3.8) is 0 Å². The zero-order valence-electron chi connectivity index (χ0n) is 17.0. The molecule has 3 N–H and O–H groups in total. The van der Waals surface area contributed by atoms with Crippen LogP contribution in [0.1, 0.15) is 55.4 Å². The molecule has 0 amide bonds. The van der Waals surface area contributed by atoms with E-state index in [-0.39, 0.29) is 34.3 Å². The van der Waals surface area contributed by atoms with Gasteiger partial charge in [0.25, 0.3) is 0 Å². The number of carbonyl (C=O) groups excluding carboxylic acids is 2. The molecule has 0 unspecified atom stereocenters. The van der Waals surface area contributed by atoms with Gasteiger partial charge in [-0.1, -0.05) is 6.07 Å². The Morgan fingerprint density at radius 2 is 1.70 bits per heavy atom. The van der Waals surface area contributed by atoms with E-state index in [0.29, 0.717) is 16.3 Å². The number of carbonyl (C=O) groups is 3. The van der Waals surface area contributed by atoms with Crippen LogP contribution in [0.4, 0.5) is 10.7 Å². The van der Waals surface area contributed by atoms with Crippen LogP contribution >= 0.6 is 23.6 Å². The van der Waals surface area contributed by atoms with Crippen molar-refractivity contribution >= 4 is 57.3 Å². The monoisotopic (exact) mass is 450 g/mol. The molecule has 0 saturated heterocycles. The first-order valence-electron chi connectivity index (χ1n) is 9.09. The predicted molar refractivity (Wildman–Crippen MR) is 119 cm³/mol. The van der Waals surface area contributed by atoms with E-state index in [9.17, 15) is 19.5 Å². The first kappa shape index (κ1) is 23.3. The molecule has 0 aliphatic rings. The molecule has 10 heteroatoms. The number of hydrogen-bond acceptors (Lipinski definition) is 7. The number of hydrogen-bond donors (Lipinski definition) is 3. The normalized spacial score (nSPS) is 10.3. The molecule has 0 bridgehead atoms. The molecule has 1 aromatic heterocycles.